The lowest BCUT2D eigenvalue weighted by atomic mass is 10.00. The molecule has 4 nitrogen and oxygen atoms in total. The van der Waals surface area contributed by atoms with Crippen molar-refractivity contribution >= 4 is 11.6 Å². The number of nitrogens with one attached hydrogen (secondary N) is 1. The van der Waals surface area contributed by atoms with Crippen LogP contribution >= 0.6 is 0 Å². The average molecular weight is 299 g/mol. The Morgan fingerprint density at radius 2 is 2.00 bits per heavy atom. The molecule has 0 radical (unpaired) electrons. The summed E-state index contributed by atoms with van der Waals surface area (Å²) < 4.78 is 38.7. The Kier molecular flexibility index (Phi) is 4.97. The molecule has 1 rings (SSSR count). The van der Waals surface area contributed by atoms with Crippen molar-refractivity contribution in [3.8, 4) is 6.07 Å². The van der Waals surface area contributed by atoms with Crippen LogP contribution in [0.15, 0.2) is 18.2 Å². The van der Waals surface area contributed by atoms with E-state index in [0.717, 1.165) is 6.07 Å². The molecular weight excluding hydrogens is 283 g/mol. The third-order valence-corrected chi connectivity index (χ3v) is 2.72. The minimum absolute atomic E-state index is 0.0147. The summed E-state index contributed by atoms with van der Waals surface area (Å²) in [5.41, 5.74) is 3.62. The second-order valence-corrected chi connectivity index (χ2v) is 5.41. The molecule has 7 heteroatoms. The molecule has 0 aliphatic carbocycles. The van der Waals surface area contributed by atoms with Gasteiger partial charge in [-0.1, -0.05) is 0 Å². The Morgan fingerprint density at radius 1 is 1.38 bits per heavy atom. The molecule has 0 atom stereocenters. The molecule has 114 valence electrons. The molecule has 1 aromatic rings. The van der Waals surface area contributed by atoms with E-state index in [4.69, 9.17) is 11.0 Å². The molecule has 0 fully saturated rings. The minimum atomic E-state index is -4.65. The molecule has 0 saturated heterocycles. The summed E-state index contributed by atoms with van der Waals surface area (Å²) in [6.07, 6.45) is -4.29. The lowest BCUT2D eigenvalue weighted by Gasteiger charge is -2.18. The molecule has 1 amide bonds. The van der Waals surface area contributed by atoms with Crippen LogP contribution < -0.4 is 11.1 Å². The molecular formula is C14H16F3N3O. The van der Waals surface area contributed by atoms with Crippen molar-refractivity contribution in [2.45, 2.75) is 38.4 Å². The standard InChI is InChI=1S/C14H16F3N3O/c1-13(2,19)6-5-12(21)20-11-4-3-9(8-18)7-10(11)14(15,16)17/h3-4,7H,5-6,19H2,1-2H3,(H,20,21). The Morgan fingerprint density at radius 3 is 2.48 bits per heavy atom. The molecule has 0 aromatic heterocycles. The zero-order chi connectivity index (χ0) is 16.3. The highest BCUT2D eigenvalue weighted by molar-refractivity contribution is 5.91. The summed E-state index contributed by atoms with van der Waals surface area (Å²) in [6.45, 7) is 3.45. The summed E-state index contributed by atoms with van der Waals surface area (Å²) in [5, 5.41) is 10.9. The maximum atomic E-state index is 12.9. The summed E-state index contributed by atoms with van der Waals surface area (Å²) >= 11 is 0. The maximum absolute atomic E-state index is 12.9. The monoisotopic (exact) mass is 299 g/mol. The first-order valence-corrected chi connectivity index (χ1v) is 6.23. The van der Waals surface area contributed by atoms with Gasteiger partial charge in [-0.05, 0) is 38.5 Å². The van der Waals surface area contributed by atoms with Gasteiger partial charge in [-0.2, -0.15) is 18.4 Å². The highest BCUT2D eigenvalue weighted by atomic mass is 19.4. The number of carbonyl (C=O) groups is 1. The van der Waals surface area contributed by atoms with Crippen LogP contribution in [0.2, 0.25) is 0 Å². The molecule has 0 aliphatic rings. The molecule has 1 aromatic carbocycles. The zero-order valence-corrected chi connectivity index (χ0v) is 11.7. The summed E-state index contributed by atoms with van der Waals surface area (Å²) in [6, 6.07) is 4.64. The van der Waals surface area contributed by atoms with Crippen LogP contribution in [0.25, 0.3) is 0 Å². The highest BCUT2D eigenvalue weighted by Gasteiger charge is 2.34. The Bertz CT molecular complexity index is 568. The number of amides is 1. The lowest BCUT2D eigenvalue weighted by Crippen LogP contribution is -2.33. The molecule has 0 unspecified atom stereocenters. The number of alkyl halides is 3. The molecule has 0 spiro atoms. The van der Waals surface area contributed by atoms with Gasteiger partial charge in [-0.3, -0.25) is 4.79 Å². The van der Waals surface area contributed by atoms with E-state index >= 15 is 0 Å². The molecule has 0 aliphatic heterocycles. The fraction of sp³-hybridized carbons (Fsp3) is 0.429. The van der Waals surface area contributed by atoms with Gasteiger partial charge in [0.1, 0.15) is 0 Å². The van der Waals surface area contributed by atoms with Gasteiger partial charge in [-0.25, -0.2) is 0 Å². The normalized spacial score (nSPS) is 11.9. The molecule has 0 saturated carbocycles. The molecule has 21 heavy (non-hydrogen) atoms. The van der Waals surface area contributed by atoms with Crippen molar-refractivity contribution in [2.75, 3.05) is 5.32 Å². The Hall–Kier alpha value is -2.07. The number of hydrogen-bond acceptors (Lipinski definition) is 3. The molecule has 3 N–H and O–H groups in total. The summed E-state index contributed by atoms with van der Waals surface area (Å²) in [4.78, 5) is 11.7. The smallest absolute Gasteiger partial charge is 0.326 e. The van der Waals surface area contributed by atoms with Crippen molar-refractivity contribution in [1.29, 1.82) is 5.26 Å². The van der Waals surface area contributed by atoms with E-state index in [1.54, 1.807) is 19.9 Å². The van der Waals surface area contributed by atoms with Crippen LogP contribution in [0.1, 0.15) is 37.8 Å². The predicted molar refractivity (Wildman–Crippen MR) is 72.3 cm³/mol. The largest absolute Gasteiger partial charge is 0.418 e. The van der Waals surface area contributed by atoms with Crippen molar-refractivity contribution in [3.05, 3.63) is 29.3 Å². The van der Waals surface area contributed by atoms with Gasteiger partial charge in [0.15, 0.2) is 0 Å². The zero-order valence-electron chi connectivity index (χ0n) is 11.7. The number of nitrogens with two attached hydrogens (primary N) is 1. The molecule has 0 heterocycles. The van der Waals surface area contributed by atoms with Gasteiger partial charge in [0.05, 0.1) is 22.9 Å². The van der Waals surface area contributed by atoms with Gasteiger partial charge < -0.3 is 11.1 Å². The SMILES string of the molecule is CC(C)(N)CCC(=O)Nc1ccc(C#N)cc1C(F)(F)F. The minimum Gasteiger partial charge on any atom is -0.326 e. The van der Waals surface area contributed by atoms with Crippen LogP contribution in [0.3, 0.4) is 0 Å². The quantitative estimate of drug-likeness (QED) is 0.897. The predicted octanol–water partition coefficient (Wildman–Crippen LogP) is 3.03. The van der Waals surface area contributed by atoms with Crippen LogP contribution in [0, 0.1) is 11.3 Å². The van der Waals surface area contributed by atoms with Gasteiger partial charge in [0.25, 0.3) is 0 Å². The fourth-order valence-electron chi connectivity index (χ4n) is 1.61. The topological polar surface area (TPSA) is 78.9 Å². The van der Waals surface area contributed by atoms with Crippen LogP contribution in [-0.4, -0.2) is 11.4 Å². The lowest BCUT2D eigenvalue weighted by molar-refractivity contribution is -0.137. The molecule has 0 bridgehead atoms. The van der Waals surface area contributed by atoms with Gasteiger partial charge in [0.2, 0.25) is 5.91 Å². The third-order valence-electron chi connectivity index (χ3n) is 2.72. The first-order chi connectivity index (χ1) is 9.53. The van der Waals surface area contributed by atoms with E-state index in [1.807, 2.05) is 0 Å². The number of benzene rings is 1. The first-order valence-electron chi connectivity index (χ1n) is 6.23. The van der Waals surface area contributed by atoms with Gasteiger partial charge in [0, 0.05) is 12.0 Å². The van der Waals surface area contributed by atoms with E-state index in [0.29, 0.717) is 12.5 Å². The third kappa shape index (κ3) is 5.44. The van der Waals surface area contributed by atoms with Crippen LogP contribution in [0.5, 0.6) is 0 Å². The number of nitriles is 1. The van der Waals surface area contributed by atoms with Crippen LogP contribution in [-0.2, 0) is 11.0 Å². The van der Waals surface area contributed by atoms with Crippen LogP contribution in [0.4, 0.5) is 18.9 Å². The van der Waals surface area contributed by atoms with Gasteiger partial charge >= 0.3 is 6.18 Å². The first kappa shape index (κ1) is 17.0. The number of halogens is 3. The van der Waals surface area contributed by atoms with E-state index < -0.39 is 23.2 Å². The van der Waals surface area contributed by atoms with E-state index in [2.05, 4.69) is 5.32 Å². The highest BCUT2D eigenvalue weighted by Crippen LogP contribution is 2.35. The Labute approximate surface area is 120 Å². The number of anilines is 1. The van der Waals surface area contributed by atoms with E-state index in [-0.39, 0.29) is 17.7 Å². The number of rotatable bonds is 4. The summed E-state index contributed by atoms with van der Waals surface area (Å²) in [5.74, 6) is -0.552. The second kappa shape index (κ2) is 6.14. The van der Waals surface area contributed by atoms with E-state index in [1.165, 1.54) is 6.07 Å². The van der Waals surface area contributed by atoms with Gasteiger partial charge in [-0.15, -0.1) is 0 Å². The maximum Gasteiger partial charge on any atom is 0.418 e. The second-order valence-electron chi connectivity index (χ2n) is 5.41. The summed E-state index contributed by atoms with van der Waals surface area (Å²) in [7, 11) is 0. The van der Waals surface area contributed by atoms with Crippen molar-refractivity contribution < 1.29 is 18.0 Å². The van der Waals surface area contributed by atoms with Crippen molar-refractivity contribution in [1.82, 2.24) is 0 Å². The number of nitrogens with zero attached hydrogens (tertiary/aromatic N) is 1. The Balaban J connectivity index is 2.93. The van der Waals surface area contributed by atoms with E-state index in [9.17, 15) is 18.0 Å². The number of carbonyl (C=O) groups excluding carboxylic acids is 1. The fourth-order valence-corrected chi connectivity index (χ4v) is 1.61. The van der Waals surface area contributed by atoms with Crippen molar-refractivity contribution in [2.24, 2.45) is 5.73 Å². The average Bonchev–Trinajstić information content (AvgIpc) is 2.35. The number of hydrogen-bond donors (Lipinski definition) is 2. The van der Waals surface area contributed by atoms with Crippen molar-refractivity contribution in [3.63, 3.8) is 0 Å².